The molecule has 1 N–H and O–H groups in total. The number of hydrogen-bond donors (Lipinski definition) is 1. The van der Waals surface area contributed by atoms with E-state index in [1.165, 1.54) is 11.3 Å². The number of thiophene rings is 1. The van der Waals surface area contributed by atoms with Crippen molar-refractivity contribution in [2.75, 3.05) is 0 Å². The molecule has 90 valence electrons. The lowest BCUT2D eigenvalue weighted by Crippen LogP contribution is -1.99. The fraction of sp³-hybridized carbons (Fsp3) is 0.0909. The van der Waals surface area contributed by atoms with Gasteiger partial charge in [-0.3, -0.25) is 0 Å². The van der Waals surface area contributed by atoms with Crippen LogP contribution in [0.4, 0.5) is 0 Å². The van der Waals surface area contributed by atoms with E-state index in [4.69, 9.17) is 5.11 Å². The average Bonchev–Trinajstić information content (AvgIpc) is 2.92. The summed E-state index contributed by atoms with van der Waals surface area (Å²) < 4.78 is 1.62. The van der Waals surface area contributed by atoms with Crippen LogP contribution in [0.2, 0.25) is 0 Å². The summed E-state index contributed by atoms with van der Waals surface area (Å²) in [6, 6.07) is 5.17. The molecule has 0 saturated carbocycles. The zero-order valence-electron chi connectivity index (χ0n) is 9.36. The lowest BCUT2D eigenvalue weighted by atomic mass is 10.3. The second kappa shape index (κ2) is 3.88. The van der Waals surface area contributed by atoms with Crippen molar-refractivity contribution in [1.82, 2.24) is 20.0 Å². The van der Waals surface area contributed by atoms with Crippen LogP contribution < -0.4 is 0 Å². The van der Waals surface area contributed by atoms with Gasteiger partial charge in [-0.25, -0.2) is 9.48 Å². The minimum Gasteiger partial charge on any atom is -0.477 e. The summed E-state index contributed by atoms with van der Waals surface area (Å²) in [5.41, 5.74) is 0.777. The second-order valence-electron chi connectivity index (χ2n) is 3.71. The summed E-state index contributed by atoms with van der Waals surface area (Å²) in [7, 11) is 0. The summed E-state index contributed by atoms with van der Waals surface area (Å²) in [6.07, 6.45) is 1.58. The van der Waals surface area contributed by atoms with E-state index in [1.807, 2.05) is 6.92 Å². The van der Waals surface area contributed by atoms with E-state index in [-0.39, 0.29) is 0 Å². The van der Waals surface area contributed by atoms with E-state index in [1.54, 1.807) is 29.1 Å². The predicted octanol–water partition coefficient (Wildman–Crippen LogP) is 1.88. The Balaban J connectivity index is 2.27. The molecule has 0 unspecified atom stereocenters. The number of fused-ring (bicyclic) bond motifs is 1. The van der Waals surface area contributed by atoms with Gasteiger partial charge in [-0.2, -0.15) is 10.2 Å². The topological polar surface area (TPSA) is 80.9 Å². The number of aryl methyl sites for hydroxylation is 1. The highest BCUT2D eigenvalue weighted by Gasteiger charge is 2.16. The number of nitrogens with zero attached hydrogens (tertiary/aromatic N) is 4. The van der Waals surface area contributed by atoms with Crippen molar-refractivity contribution in [3.05, 3.63) is 35.0 Å². The van der Waals surface area contributed by atoms with Crippen LogP contribution in [0.3, 0.4) is 0 Å². The molecule has 18 heavy (non-hydrogen) atoms. The Kier molecular flexibility index (Phi) is 2.34. The van der Waals surface area contributed by atoms with E-state index in [2.05, 4.69) is 15.3 Å². The molecule has 0 aromatic carbocycles. The lowest BCUT2D eigenvalue weighted by molar-refractivity contribution is 0.0702. The van der Waals surface area contributed by atoms with Gasteiger partial charge in [0.2, 0.25) is 0 Å². The number of carboxylic acid groups (broad SMARTS) is 1. The lowest BCUT2D eigenvalue weighted by Gasteiger charge is -1.98. The van der Waals surface area contributed by atoms with Gasteiger partial charge in [-0.1, -0.05) is 0 Å². The smallest absolute Gasteiger partial charge is 0.345 e. The third-order valence-corrected chi connectivity index (χ3v) is 3.63. The van der Waals surface area contributed by atoms with Gasteiger partial charge in [0.05, 0.1) is 5.69 Å². The van der Waals surface area contributed by atoms with E-state index in [0.29, 0.717) is 10.7 Å². The molecule has 0 atom stereocenters. The Hall–Kier alpha value is -2.28. The van der Waals surface area contributed by atoms with Gasteiger partial charge in [-0.15, -0.1) is 16.4 Å². The van der Waals surface area contributed by atoms with E-state index in [9.17, 15) is 4.79 Å². The highest BCUT2D eigenvalue weighted by molar-refractivity contribution is 7.20. The number of carbonyl (C=O) groups is 1. The van der Waals surface area contributed by atoms with Crippen molar-refractivity contribution >= 4 is 27.5 Å². The third kappa shape index (κ3) is 1.56. The Morgan fingerprint density at radius 1 is 1.50 bits per heavy atom. The molecule has 0 amide bonds. The molecule has 7 heteroatoms. The summed E-state index contributed by atoms with van der Waals surface area (Å²) in [6.45, 7) is 1.84. The van der Waals surface area contributed by atoms with E-state index in [0.717, 1.165) is 15.9 Å². The average molecular weight is 260 g/mol. The maximum absolute atomic E-state index is 11.0. The molecular formula is C11H8N4O2S. The molecular weight excluding hydrogens is 252 g/mol. The quantitative estimate of drug-likeness (QED) is 0.760. The minimum atomic E-state index is -0.929. The van der Waals surface area contributed by atoms with Crippen molar-refractivity contribution in [3.8, 4) is 5.82 Å². The van der Waals surface area contributed by atoms with Crippen molar-refractivity contribution < 1.29 is 9.90 Å². The predicted molar refractivity (Wildman–Crippen MR) is 66.2 cm³/mol. The van der Waals surface area contributed by atoms with Crippen LogP contribution in [0.1, 0.15) is 15.4 Å². The van der Waals surface area contributed by atoms with Crippen LogP contribution in [0.5, 0.6) is 0 Å². The normalized spacial score (nSPS) is 10.9. The maximum atomic E-state index is 11.0. The fourth-order valence-electron chi connectivity index (χ4n) is 1.71. The molecule has 3 aromatic rings. The number of hydrogen-bond acceptors (Lipinski definition) is 5. The molecule has 0 aliphatic rings. The summed E-state index contributed by atoms with van der Waals surface area (Å²) in [5.74, 6) is -0.351. The number of aromatic nitrogens is 4. The zero-order valence-corrected chi connectivity index (χ0v) is 10.2. The summed E-state index contributed by atoms with van der Waals surface area (Å²) >= 11 is 1.18. The molecule has 0 spiro atoms. The van der Waals surface area contributed by atoms with Gasteiger partial charge >= 0.3 is 5.97 Å². The first-order chi connectivity index (χ1) is 8.66. The van der Waals surface area contributed by atoms with Crippen molar-refractivity contribution in [2.24, 2.45) is 0 Å². The van der Waals surface area contributed by atoms with E-state index < -0.39 is 5.97 Å². The van der Waals surface area contributed by atoms with Gasteiger partial charge in [0.1, 0.15) is 9.71 Å². The third-order valence-electron chi connectivity index (χ3n) is 2.53. The van der Waals surface area contributed by atoms with Gasteiger partial charge in [0.15, 0.2) is 5.82 Å². The van der Waals surface area contributed by atoms with Crippen LogP contribution in [0.25, 0.3) is 16.0 Å². The van der Waals surface area contributed by atoms with Gasteiger partial charge < -0.3 is 5.11 Å². The van der Waals surface area contributed by atoms with Crippen molar-refractivity contribution in [3.63, 3.8) is 0 Å². The van der Waals surface area contributed by atoms with Crippen LogP contribution >= 0.6 is 11.3 Å². The van der Waals surface area contributed by atoms with Crippen LogP contribution in [0.15, 0.2) is 24.4 Å². The number of aromatic carboxylic acids is 1. The Morgan fingerprint density at radius 3 is 3.00 bits per heavy atom. The van der Waals surface area contributed by atoms with Gasteiger partial charge in [0.25, 0.3) is 0 Å². The minimum absolute atomic E-state index is 0.295. The Labute approximate surface area is 106 Å². The van der Waals surface area contributed by atoms with Crippen molar-refractivity contribution in [2.45, 2.75) is 6.92 Å². The molecule has 0 saturated heterocycles. The molecule has 0 aliphatic carbocycles. The van der Waals surface area contributed by atoms with Crippen LogP contribution in [-0.2, 0) is 0 Å². The number of rotatable bonds is 2. The van der Waals surface area contributed by atoms with Gasteiger partial charge in [-0.05, 0) is 25.1 Å². The Morgan fingerprint density at radius 2 is 2.33 bits per heavy atom. The SMILES string of the molecule is Cc1nn(-c2cccnn2)c2sc(C(=O)O)cc12. The molecule has 3 heterocycles. The molecule has 3 aromatic heterocycles. The Bertz CT molecular complexity index is 732. The molecule has 0 fully saturated rings. The second-order valence-corrected chi connectivity index (χ2v) is 4.74. The van der Waals surface area contributed by atoms with Crippen LogP contribution in [-0.4, -0.2) is 31.1 Å². The first kappa shape index (κ1) is 10.8. The monoisotopic (exact) mass is 260 g/mol. The fourth-order valence-corrected chi connectivity index (χ4v) is 2.72. The zero-order chi connectivity index (χ0) is 12.7. The summed E-state index contributed by atoms with van der Waals surface area (Å²) in [4.78, 5) is 12.0. The summed E-state index contributed by atoms with van der Waals surface area (Å²) in [5, 5.41) is 22.0. The van der Waals surface area contributed by atoms with Crippen molar-refractivity contribution in [1.29, 1.82) is 0 Å². The van der Waals surface area contributed by atoms with Crippen LogP contribution in [0, 0.1) is 6.92 Å². The molecule has 3 rings (SSSR count). The molecule has 0 bridgehead atoms. The van der Waals surface area contributed by atoms with Gasteiger partial charge in [0, 0.05) is 11.6 Å². The number of carboxylic acids is 1. The standard InChI is InChI=1S/C11H8N4O2S/c1-6-7-5-8(11(16)17)18-10(7)15(14-6)9-3-2-4-12-13-9/h2-5H,1H3,(H,16,17). The highest BCUT2D eigenvalue weighted by atomic mass is 32.1. The van der Waals surface area contributed by atoms with E-state index >= 15 is 0 Å². The maximum Gasteiger partial charge on any atom is 0.345 e. The molecule has 6 nitrogen and oxygen atoms in total. The first-order valence-corrected chi connectivity index (χ1v) is 5.99. The molecule has 0 aliphatic heterocycles. The largest absolute Gasteiger partial charge is 0.477 e. The molecule has 0 radical (unpaired) electrons. The first-order valence-electron chi connectivity index (χ1n) is 5.17. The highest BCUT2D eigenvalue weighted by Crippen LogP contribution is 2.29.